The zero-order chi connectivity index (χ0) is 16.2. The summed E-state index contributed by atoms with van der Waals surface area (Å²) in [5.74, 6) is -0.497. The van der Waals surface area contributed by atoms with E-state index in [1.807, 2.05) is 39.0 Å². The third-order valence-electron chi connectivity index (χ3n) is 5.85. The van der Waals surface area contributed by atoms with Crippen molar-refractivity contribution >= 4 is 23.5 Å². The van der Waals surface area contributed by atoms with Crippen LogP contribution in [0.15, 0.2) is 24.3 Å². The van der Waals surface area contributed by atoms with Crippen LogP contribution in [0.2, 0.25) is 5.02 Å². The van der Waals surface area contributed by atoms with Crippen molar-refractivity contribution in [3.8, 4) is 0 Å². The first kappa shape index (κ1) is 15.3. The summed E-state index contributed by atoms with van der Waals surface area (Å²) in [5.41, 5.74) is -1.34. The van der Waals surface area contributed by atoms with Crippen molar-refractivity contribution in [3.63, 3.8) is 0 Å². The first-order valence-electron chi connectivity index (χ1n) is 7.50. The highest BCUT2D eigenvalue weighted by atomic mass is 35.5. The van der Waals surface area contributed by atoms with Gasteiger partial charge in [-0.15, -0.1) is 0 Å². The van der Waals surface area contributed by atoms with Gasteiger partial charge in [-0.3, -0.25) is 9.59 Å². The summed E-state index contributed by atoms with van der Waals surface area (Å²) < 4.78 is 5.56. The first-order chi connectivity index (χ1) is 10.2. The van der Waals surface area contributed by atoms with E-state index in [-0.39, 0.29) is 11.9 Å². The van der Waals surface area contributed by atoms with Gasteiger partial charge in [-0.2, -0.15) is 0 Å². The highest BCUT2D eigenvalue weighted by Crippen LogP contribution is 2.65. The van der Waals surface area contributed by atoms with Crippen LogP contribution in [0.25, 0.3) is 0 Å². The molecular weight excluding hydrogens is 302 g/mol. The Balaban J connectivity index is 1.81. The number of carbonyl (C=O) groups excluding carboxylic acids is 2. The molecule has 1 aliphatic carbocycles. The molecule has 1 aromatic rings. The highest BCUT2D eigenvalue weighted by Gasteiger charge is 2.75. The van der Waals surface area contributed by atoms with Gasteiger partial charge in [0.15, 0.2) is 5.60 Å². The van der Waals surface area contributed by atoms with Gasteiger partial charge in [0.25, 0.3) is 5.91 Å². The standard InChI is InChI=1S/C17H20ClNO3/c1-15(2)16(3)8-9-17(15,22-14(16)21)13(20)19-10-11-6-4-5-7-12(11)18/h4-7H,8-10H2,1-3H3,(H,19,20)/t16-,17+/m1/s1. The molecule has 1 aromatic carbocycles. The number of hydrogen-bond acceptors (Lipinski definition) is 3. The number of nitrogens with one attached hydrogen (secondary N) is 1. The van der Waals surface area contributed by atoms with E-state index in [4.69, 9.17) is 16.3 Å². The van der Waals surface area contributed by atoms with Crippen LogP contribution in [-0.2, 0) is 20.9 Å². The van der Waals surface area contributed by atoms with E-state index >= 15 is 0 Å². The smallest absolute Gasteiger partial charge is 0.313 e. The maximum absolute atomic E-state index is 12.8. The van der Waals surface area contributed by atoms with E-state index in [0.29, 0.717) is 24.4 Å². The number of halogens is 1. The molecule has 0 radical (unpaired) electrons. The Morgan fingerprint density at radius 3 is 2.50 bits per heavy atom. The summed E-state index contributed by atoms with van der Waals surface area (Å²) in [5, 5.41) is 3.50. The van der Waals surface area contributed by atoms with Gasteiger partial charge in [0.1, 0.15) is 0 Å². The van der Waals surface area contributed by atoms with Gasteiger partial charge in [0, 0.05) is 17.0 Å². The third kappa shape index (κ3) is 1.76. The molecule has 5 heteroatoms. The fraction of sp³-hybridized carbons (Fsp3) is 0.529. The SMILES string of the molecule is CC1(C)[C@@]2(C(=O)NCc3ccccc3Cl)CC[C@]1(C)C(=O)O2. The molecule has 0 aromatic heterocycles. The van der Waals surface area contributed by atoms with Crippen LogP contribution >= 0.6 is 11.6 Å². The number of amides is 1. The van der Waals surface area contributed by atoms with Gasteiger partial charge in [0.05, 0.1) is 5.41 Å². The Kier molecular flexibility index (Phi) is 3.29. The van der Waals surface area contributed by atoms with Crippen LogP contribution in [0.1, 0.15) is 39.2 Å². The molecule has 0 unspecified atom stereocenters. The minimum absolute atomic E-state index is 0.230. The molecule has 1 heterocycles. The zero-order valence-corrected chi connectivity index (χ0v) is 13.8. The van der Waals surface area contributed by atoms with Crippen LogP contribution in [0.4, 0.5) is 0 Å². The molecule has 1 aliphatic heterocycles. The lowest BCUT2D eigenvalue weighted by Crippen LogP contribution is -2.53. The number of carbonyl (C=O) groups is 2. The number of ether oxygens (including phenoxy) is 1. The van der Waals surface area contributed by atoms with E-state index in [9.17, 15) is 9.59 Å². The molecular formula is C17H20ClNO3. The van der Waals surface area contributed by atoms with Gasteiger partial charge in [-0.1, -0.05) is 43.6 Å². The average Bonchev–Trinajstić information content (AvgIpc) is 2.76. The van der Waals surface area contributed by atoms with Gasteiger partial charge in [-0.05, 0) is 31.4 Å². The van der Waals surface area contributed by atoms with Crippen LogP contribution in [0.3, 0.4) is 0 Å². The van der Waals surface area contributed by atoms with E-state index in [1.54, 1.807) is 6.07 Å². The summed E-state index contributed by atoms with van der Waals surface area (Å²) in [4.78, 5) is 25.0. The van der Waals surface area contributed by atoms with Gasteiger partial charge >= 0.3 is 5.97 Å². The molecule has 1 saturated carbocycles. The highest BCUT2D eigenvalue weighted by molar-refractivity contribution is 6.31. The monoisotopic (exact) mass is 321 g/mol. The van der Waals surface area contributed by atoms with E-state index in [0.717, 1.165) is 5.56 Å². The van der Waals surface area contributed by atoms with E-state index < -0.39 is 16.4 Å². The van der Waals surface area contributed by atoms with Crippen molar-refractivity contribution in [2.75, 3.05) is 0 Å². The zero-order valence-electron chi connectivity index (χ0n) is 13.0. The minimum atomic E-state index is -1.07. The molecule has 118 valence electrons. The van der Waals surface area contributed by atoms with E-state index in [1.165, 1.54) is 0 Å². The normalized spacial score (nSPS) is 31.9. The lowest BCUT2D eigenvalue weighted by Gasteiger charge is -2.35. The summed E-state index contributed by atoms with van der Waals surface area (Å²) in [6, 6.07) is 7.37. The number of rotatable bonds is 3. The maximum atomic E-state index is 12.8. The van der Waals surface area contributed by atoms with Gasteiger partial charge in [-0.25, -0.2) is 0 Å². The van der Waals surface area contributed by atoms with E-state index in [2.05, 4.69) is 5.32 Å². The molecule has 1 N–H and O–H groups in total. The Bertz CT molecular complexity index is 657. The van der Waals surface area contributed by atoms with Crippen molar-refractivity contribution in [2.24, 2.45) is 10.8 Å². The van der Waals surface area contributed by atoms with Crippen molar-refractivity contribution in [3.05, 3.63) is 34.9 Å². The molecule has 1 saturated heterocycles. The second-order valence-corrected chi connectivity index (χ2v) is 7.35. The fourth-order valence-electron chi connectivity index (χ4n) is 3.71. The van der Waals surface area contributed by atoms with Crippen LogP contribution in [0, 0.1) is 10.8 Å². The fourth-order valence-corrected chi connectivity index (χ4v) is 3.91. The predicted molar refractivity (Wildman–Crippen MR) is 83.2 cm³/mol. The average molecular weight is 322 g/mol. The second-order valence-electron chi connectivity index (χ2n) is 6.95. The minimum Gasteiger partial charge on any atom is -0.448 e. The number of hydrogen-bond donors (Lipinski definition) is 1. The largest absolute Gasteiger partial charge is 0.448 e. The number of esters is 1. The molecule has 3 rings (SSSR count). The van der Waals surface area contributed by atoms with Crippen LogP contribution in [0.5, 0.6) is 0 Å². The van der Waals surface area contributed by atoms with Crippen molar-refractivity contribution in [1.82, 2.24) is 5.32 Å². The van der Waals surface area contributed by atoms with Crippen molar-refractivity contribution in [1.29, 1.82) is 0 Å². The molecule has 2 fully saturated rings. The quantitative estimate of drug-likeness (QED) is 0.870. The maximum Gasteiger partial charge on any atom is 0.313 e. The molecule has 2 atom stereocenters. The Morgan fingerprint density at radius 2 is 1.95 bits per heavy atom. The van der Waals surface area contributed by atoms with Gasteiger partial charge in [0.2, 0.25) is 0 Å². The topological polar surface area (TPSA) is 55.4 Å². The summed E-state index contributed by atoms with van der Waals surface area (Å²) in [6.07, 6.45) is 1.24. The lowest BCUT2D eigenvalue weighted by atomic mass is 9.66. The number of benzene rings is 1. The molecule has 4 nitrogen and oxygen atoms in total. The van der Waals surface area contributed by atoms with Crippen molar-refractivity contribution < 1.29 is 14.3 Å². The van der Waals surface area contributed by atoms with Crippen LogP contribution in [-0.4, -0.2) is 17.5 Å². The Hall–Kier alpha value is -1.55. The molecule has 1 amide bonds. The number of fused-ring (bicyclic) bond motifs is 2. The Labute approximate surface area is 135 Å². The second kappa shape index (κ2) is 4.72. The summed E-state index contributed by atoms with van der Waals surface area (Å²) >= 11 is 6.11. The summed E-state index contributed by atoms with van der Waals surface area (Å²) in [7, 11) is 0. The van der Waals surface area contributed by atoms with Gasteiger partial charge < -0.3 is 10.1 Å². The molecule has 0 spiro atoms. The Morgan fingerprint density at radius 1 is 1.27 bits per heavy atom. The third-order valence-corrected chi connectivity index (χ3v) is 6.22. The molecule has 2 aliphatic rings. The van der Waals surface area contributed by atoms with Crippen LogP contribution < -0.4 is 5.32 Å². The predicted octanol–water partition coefficient (Wildman–Crippen LogP) is 3.08. The lowest BCUT2D eigenvalue weighted by molar-refractivity contribution is -0.168. The first-order valence-corrected chi connectivity index (χ1v) is 7.88. The molecule has 2 bridgehead atoms. The molecule has 22 heavy (non-hydrogen) atoms. The van der Waals surface area contributed by atoms with Crippen molar-refractivity contribution in [2.45, 2.75) is 45.8 Å². The summed E-state index contributed by atoms with van der Waals surface area (Å²) in [6.45, 7) is 6.11.